The molecule has 23 heavy (non-hydrogen) atoms. The predicted molar refractivity (Wildman–Crippen MR) is 94.9 cm³/mol. The third-order valence-corrected chi connectivity index (χ3v) is 3.65. The Bertz CT molecular complexity index is 647. The van der Waals surface area contributed by atoms with E-state index in [9.17, 15) is 4.79 Å². The first kappa shape index (κ1) is 19.0. The van der Waals surface area contributed by atoms with Crippen molar-refractivity contribution in [2.75, 3.05) is 7.11 Å². The zero-order valence-corrected chi connectivity index (χ0v) is 14.4. The van der Waals surface area contributed by atoms with Crippen LogP contribution in [0, 0.1) is 6.92 Å². The Morgan fingerprint density at radius 3 is 2.43 bits per heavy atom. The fourth-order valence-corrected chi connectivity index (χ4v) is 2.38. The minimum Gasteiger partial charge on any atom is -0.496 e. The van der Waals surface area contributed by atoms with E-state index in [1.807, 2.05) is 62.4 Å². The van der Waals surface area contributed by atoms with Crippen LogP contribution in [0.4, 0.5) is 0 Å². The largest absolute Gasteiger partial charge is 0.496 e. The topological polar surface area (TPSA) is 64.3 Å². The fourth-order valence-electron chi connectivity index (χ4n) is 2.38. The molecule has 0 bridgehead atoms. The van der Waals surface area contributed by atoms with Gasteiger partial charge >= 0.3 is 0 Å². The van der Waals surface area contributed by atoms with Gasteiger partial charge in [0.2, 0.25) is 5.91 Å². The maximum Gasteiger partial charge on any atom is 0.241 e. The van der Waals surface area contributed by atoms with Crippen LogP contribution in [0.25, 0.3) is 0 Å². The second kappa shape index (κ2) is 8.56. The molecule has 0 aliphatic carbocycles. The number of nitrogens with two attached hydrogens (primary N) is 1. The number of halogens is 1. The summed E-state index contributed by atoms with van der Waals surface area (Å²) in [5, 5.41) is 2.95. The van der Waals surface area contributed by atoms with Crippen molar-refractivity contribution in [1.82, 2.24) is 5.32 Å². The molecule has 2 atom stereocenters. The van der Waals surface area contributed by atoms with E-state index >= 15 is 0 Å². The van der Waals surface area contributed by atoms with Crippen LogP contribution in [-0.4, -0.2) is 13.0 Å². The molecule has 0 saturated carbocycles. The first-order valence-electron chi connectivity index (χ1n) is 7.28. The van der Waals surface area contributed by atoms with Crippen molar-refractivity contribution in [3.63, 3.8) is 0 Å². The van der Waals surface area contributed by atoms with Gasteiger partial charge < -0.3 is 15.8 Å². The van der Waals surface area contributed by atoms with Crippen LogP contribution in [0.15, 0.2) is 48.5 Å². The molecule has 2 rings (SSSR count). The van der Waals surface area contributed by atoms with Gasteiger partial charge in [-0.25, -0.2) is 0 Å². The molecule has 124 valence electrons. The minimum atomic E-state index is -0.681. The van der Waals surface area contributed by atoms with E-state index in [2.05, 4.69) is 5.32 Å². The average molecular weight is 335 g/mol. The van der Waals surface area contributed by atoms with Crippen LogP contribution in [0.3, 0.4) is 0 Å². The highest BCUT2D eigenvalue weighted by atomic mass is 35.5. The van der Waals surface area contributed by atoms with Gasteiger partial charge in [-0.2, -0.15) is 0 Å². The van der Waals surface area contributed by atoms with E-state index in [1.165, 1.54) is 0 Å². The number of rotatable bonds is 5. The number of aryl methyl sites for hydroxylation is 1. The van der Waals surface area contributed by atoms with E-state index in [1.54, 1.807) is 7.11 Å². The number of ether oxygens (including phenoxy) is 1. The lowest BCUT2D eigenvalue weighted by molar-refractivity contribution is -0.123. The number of nitrogens with one attached hydrogen (secondary N) is 1. The van der Waals surface area contributed by atoms with E-state index < -0.39 is 6.04 Å². The summed E-state index contributed by atoms with van der Waals surface area (Å²) in [6.45, 7) is 3.93. The zero-order valence-electron chi connectivity index (χ0n) is 13.6. The lowest BCUT2D eigenvalue weighted by Gasteiger charge is -2.20. The summed E-state index contributed by atoms with van der Waals surface area (Å²) in [7, 11) is 1.62. The van der Waals surface area contributed by atoms with Crippen LogP contribution in [-0.2, 0) is 4.79 Å². The summed E-state index contributed by atoms with van der Waals surface area (Å²) in [5.41, 5.74) is 8.87. The molecule has 0 radical (unpaired) electrons. The highest BCUT2D eigenvalue weighted by Crippen LogP contribution is 2.26. The monoisotopic (exact) mass is 334 g/mol. The van der Waals surface area contributed by atoms with Crippen molar-refractivity contribution in [2.24, 2.45) is 5.73 Å². The Hall–Kier alpha value is -2.04. The molecular formula is C18H23ClN2O2. The van der Waals surface area contributed by atoms with Crippen molar-refractivity contribution in [3.8, 4) is 5.75 Å². The highest BCUT2D eigenvalue weighted by molar-refractivity contribution is 5.85. The minimum absolute atomic E-state index is 0. The molecule has 4 nitrogen and oxygen atoms in total. The molecule has 0 aliphatic rings. The number of amides is 1. The Balaban J connectivity index is 0.00000264. The van der Waals surface area contributed by atoms with Crippen LogP contribution >= 0.6 is 12.4 Å². The summed E-state index contributed by atoms with van der Waals surface area (Å²) in [5.74, 6) is 0.550. The SMILES string of the molecule is COc1ccc(C)cc1C(C)NC(=O)C(N)c1ccccc1.Cl. The fraction of sp³-hybridized carbons (Fsp3) is 0.278. The Morgan fingerprint density at radius 2 is 1.83 bits per heavy atom. The van der Waals surface area contributed by atoms with Gasteiger partial charge in [-0.3, -0.25) is 4.79 Å². The molecule has 0 aromatic heterocycles. The van der Waals surface area contributed by atoms with E-state index in [0.29, 0.717) is 0 Å². The summed E-state index contributed by atoms with van der Waals surface area (Å²) in [4.78, 5) is 12.3. The Kier molecular flexibility index (Phi) is 7.07. The first-order chi connectivity index (χ1) is 10.5. The molecule has 0 spiro atoms. The van der Waals surface area contributed by atoms with Gasteiger partial charge in [-0.15, -0.1) is 12.4 Å². The Morgan fingerprint density at radius 1 is 1.17 bits per heavy atom. The maximum absolute atomic E-state index is 12.3. The summed E-state index contributed by atoms with van der Waals surface area (Å²) in [6, 6.07) is 14.4. The summed E-state index contributed by atoms with van der Waals surface area (Å²) >= 11 is 0. The number of carbonyl (C=O) groups is 1. The second-order valence-corrected chi connectivity index (χ2v) is 5.36. The van der Waals surface area contributed by atoms with Gasteiger partial charge in [-0.1, -0.05) is 48.0 Å². The summed E-state index contributed by atoms with van der Waals surface area (Å²) in [6.07, 6.45) is 0. The smallest absolute Gasteiger partial charge is 0.241 e. The molecule has 2 unspecified atom stereocenters. The molecule has 0 heterocycles. The lowest BCUT2D eigenvalue weighted by Crippen LogP contribution is -2.35. The van der Waals surface area contributed by atoms with Crippen molar-refractivity contribution in [1.29, 1.82) is 0 Å². The van der Waals surface area contributed by atoms with E-state index in [0.717, 1.165) is 22.4 Å². The second-order valence-electron chi connectivity index (χ2n) is 5.36. The standard InChI is InChI=1S/C18H22N2O2.ClH/c1-12-9-10-16(22-3)15(11-12)13(2)20-18(21)17(19)14-7-5-4-6-8-14;/h4-11,13,17H,19H2,1-3H3,(H,20,21);1H. The van der Waals surface area contributed by atoms with Crippen molar-refractivity contribution in [3.05, 3.63) is 65.2 Å². The zero-order chi connectivity index (χ0) is 16.1. The van der Waals surface area contributed by atoms with Crippen LogP contribution < -0.4 is 15.8 Å². The molecule has 1 amide bonds. The number of hydrogen-bond donors (Lipinski definition) is 2. The van der Waals surface area contributed by atoms with Crippen LogP contribution in [0.2, 0.25) is 0 Å². The first-order valence-corrected chi connectivity index (χ1v) is 7.28. The molecule has 0 aliphatic heterocycles. The average Bonchev–Trinajstić information content (AvgIpc) is 2.54. The normalized spacial score (nSPS) is 12.7. The van der Waals surface area contributed by atoms with Gasteiger partial charge in [0.05, 0.1) is 13.2 Å². The summed E-state index contributed by atoms with van der Waals surface area (Å²) < 4.78 is 5.37. The van der Waals surface area contributed by atoms with Gasteiger partial charge in [-0.05, 0) is 25.5 Å². The van der Waals surface area contributed by atoms with E-state index in [-0.39, 0.29) is 24.4 Å². The number of methoxy groups -OCH3 is 1. The quantitative estimate of drug-likeness (QED) is 0.881. The molecular weight excluding hydrogens is 312 g/mol. The number of benzene rings is 2. The number of carbonyl (C=O) groups excluding carboxylic acids is 1. The van der Waals surface area contributed by atoms with Crippen LogP contribution in [0.5, 0.6) is 5.75 Å². The molecule has 3 N–H and O–H groups in total. The van der Waals surface area contributed by atoms with Crippen molar-refractivity contribution >= 4 is 18.3 Å². The highest BCUT2D eigenvalue weighted by Gasteiger charge is 2.20. The van der Waals surface area contributed by atoms with Crippen molar-refractivity contribution in [2.45, 2.75) is 25.9 Å². The molecule has 2 aromatic carbocycles. The van der Waals surface area contributed by atoms with E-state index in [4.69, 9.17) is 10.5 Å². The Labute approximate surface area is 143 Å². The van der Waals surface area contributed by atoms with Crippen LogP contribution in [0.1, 0.15) is 35.7 Å². The van der Waals surface area contributed by atoms with Gasteiger partial charge in [0, 0.05) is 5.56 Å². The maximum atomic E-state index is 12.3. The van der Waals surface area contributed by atoms with Crippen molar-refractivity contribution < 1.29 is 9.53 Å². The number of hydrogen-bond acceptors (Lipinski definition) is 3. The van der Waals surface area contributed by atoms with Gasteiger partial charge in [0.15, 0.2) is 0 Å². The molecule has 2 aromatic rings. The van der Waals surface area contributed by atoms with Gasteiger partial charge in [0.1, 0.15) is 11.8 Å². The van der Waals surface area contributed by atoms with Gasteiger partial charge in [0.25, 0.3) is 0 Å². The molecule has 0 saturated heterocycles. The molecule has 5 heteroatoms. The lowest BCUT2D eigenvalue weighted by atomic mass is 10.0. The third-order valence-electron chi connectivity index (χ3n) is 3.65. The third kappa shape index (κ3) is 4.71. The molecule has 0 fully saturated rings. The predicted octanol–water partition coefficient (Wildman–Crippen LogP) is 3.30.